The molecule has 0 unspecified atom stereocenters. The Hall–Kier alpha value is -2.13. The van der Waals surface area contributed by atoms with Gasteiger partial charge in [-0.25, -0.2) is 0 Å². The molecule has 23 heavy (non-hydrogen) atoms. The van der Waals surface area contributed by atoms with E-state index in [1.54, 1.807) is 0 Å². The zero-order valence-corrected chi connectivity index (χ0v) is 13.5. The summed E-state index contributed by atoms with van der Waals surface area (Å²) >= 11 is 0. The molecule has 0 heterocycles. The average Bonchev–Trinajstić information content (AvgIpc) is 2.61. The Morgan fingerprint density at radius 1 is 1.04 bits per heavy atom. The predicted octanol–water partition coefficient (Wildman–Crippen LogP) is 5.45. The molecule has 0 atom stereocenters. The molecular weight excluding hydrogens is 287 g/mol. The van der Waals surface area contributed by atoms with Crippen molar-refractivity contribution in [3.63, 3.8) is 0 Å². The molecular formula is C20H23FN2. The Balaban J connectivity index is 1.66. The van der Waals surface area contributed by atoms with E-state index in [9.17, 15) is 4.39 Å². The summed E-state index contributed by atoms with van der Waals surface area (Å²) < 4.78 is 12.7. The first-order valence-corrected chi connectivity index (χ1v) is 8.46. The zero-order valence-electron chi connectivity index (χ0n) is 13.5. The van der Waals surface area contributed by atoms with Gasteiger partial charge in [-0.05, 0) is 61.3 Å². The smallest absolute Gasteiger partial charge is 0.195 e. The van der Waals surface area contributed by atoms with E-state index >= 15 is 0 Å². The summed E-state index contributed by atoms with van der Waals surface area (Å²) in [5.41, 5.74) is 2.03. The Morgan fingerprint density at radius 2 is 1.65 bits per heavy atom. The van der Waals surface area contributed by atoms with E-state index in [1.807, 2.05) is 12.1 Å². The molecule has 1 fully saturated rings. The van der Waals surface area contributed by atoms with Gasteiger partial charge in [0.15, 0.2) is 5.83 Å². The van der Waals surface area contributed by atoms with E-state index in [-0.39, 0.29) is 0 Å². The average molecular weight is 310 g/mol. The van der Waals surface area contributed by atoms with Gasteiger partial charge < -0.3 is 0 Å². The van der Waals surface area contributed by atoms with Crippen molar-refractivity contribution in [2.24, 2.45) is 11.8 Å². The van der Waals surface area contributed by atoms with E-state index in [0.717, 1.165) is 24.3 Å². The summed E-state index contributed by atoms with van der Waals surface area (Å²) in [5.74, 6) is 0.818. The highest BCUT2D eigenvalue weighted by atomic mass is 19.1. The van der Waals surface area contributed by atoms with Crippen molar-refractivity contribution in [2.45, 2.75) is 51.4 Å². The van der Waals surface area contributed by atoms with Crippen molar-refractivity contribution in [1.82, 2.24) is 0 Å². The van der Waals surface area contributed by atoms with E-state index in [0.29, 0.717) is 12.3 Å². The van der Waals surface area contributed by atoms with Crippen LogP contribution in [0.2, 0.25) is 0 Å². The number of hydrogen-bond acceptors (Lipinski definition) is 2. The second-order valence-corrected chi connectivity index (χ2v) is 6.48. The van der Waals surface area contributed by atoms with Gasteiger partial charge in [0.05, 0.1) is 11.6 Å². The van der Waals surface area contributed by atoms with Crippen LogP contribution in [0, 0.1) is 34.5 Å². The van der Waals surface area contributed by atoms with Crippen molar-refractivity contribution >= 4 is 0 Å². The second kappa shape index (κ2) is 9.11. The first-order chi connectivity index (χ1) is 11.2. The van der Waals surface area contributed by atoms with Crippen LogP contribution in [-0.2, 0) is 6.42 Å². The molecule has 0 aromatic heterocycles. The van der Waals surface area contributed by atoms with Crippen LogP contribution in [0.1, 0.15) is 56.1 Å². The zero-order chi connectivity index (χ0) is 16.5. The highest BCUT2D eigenvalue weighted by Gasteiger charge is 2.20. The maximum absolute atomic E-state index is 12.7. The number of halogens is 1. The maximum atomic E-state index is 12.7. The molecule has 0 bridgehead atoms. The summed E-state index contributed by atoms with van der Waals surface area (Å²) in [6.45, 7) is 0. The Labute approximate surface area is 138 Å². The molecule has 1 aliphatic carbocycles. The molecule has 0 spiro atoms. The molecule has 2 rings (SSSR count). The van der Waals surface area contributed by atoms with Gasteiger partial charge in [-0.1, -0.05) is 37.8 Å². The molecule has 0 radical (unpaired) electrons. The minimum atomic E-state index is -0.652. The first kappa shape index (κ1) is 17.2. The summed E-state index contributed by atoms with van der Waals surface area (Å²) in [5, 5.41) is 17.2. The third-order valence-electron chi connectivity index (χ3n) is 4.90. The summed E-state index contributed by atoms with van der Waals surface area (Å²) in [4.78, 5) is 0. The molecule has 1 aromatic rings. The van der Waals surface area contributed by atoms with Gasteiger partial charge >= 0.3 is 0 Å². The number of aryl methyl sites for hydroxylation is 1. The lowest BCUT2D eigenvalue weighted by Crippen LogP contribution is -2.15. The van der Waals surface area contributed by atoms with E-state index in [1.165, 1.54) is 49.8 Å². The van der Waals surface area contributed by atoms with Crippen LogP contribution in [0.25, 0.3) is 0 Å². The number of rotatable bonds is 6. The van der Waals surface area contributed by atoms with Crippen LogP contribution >= 0.6 is 0 Å². The third kappa shape index (κ3) is 5.87. The number of nitrogens with zero attached hydrogens (tertiary/aromatic N) is 2. The minimum absolute atomic E-state index is 0.652. The molecule has 1 aliphatic rings. The largest absolute Gasteiger partial charge is 0.196 e. The molecule has 0 N–H and O–H groups in total. The normalized spacial score (nSPS) is 21.4. The highest BCUT2D eigenvalue weighted by Crippen LogP contribution is 2.34. The van der Waals surface area contributed by atoms with Gasteiger partial charge in [0.25, 0.3) is 0 Å². The lowest BCUT2D eigenvalue weighted by molar-refractivity contribution is 0.254. The fraction of sp³-hybridized carbons (Fsp3) is 0.500. The third-order valence-corrected chi connectivity index (χ3v) is 4.90. The van der Waals surface area contributed by atoms with Crippen LogP contribution in [0.4, 0.5) is 4.39 Å². The minimum Gasteiger partial charge on any atom is -0.195 e. The highest BCUT2D eigenvalue weighted by molar-refractivity contribution is 5.31. The monoisotopic (exact) mass is 310 g/mol. The van der Waals surface area contributed by atoms with Crippen LogP contribution in [0.3, 0.4) is 0 Å². The fourth-order valence-electron chi connectivity index (χ4n) is 3.42. The Bertz CT molecular complexity index is 596. The maximum Gasteiger partial charge on any atom is 0.196 e. The lowest BCUT2D eigenvalue weighted by Gasteiger charge is -2.28. The summed E-state index contributed by atoms with van der Waals surface area (Å²) in [6, 6.07) is 11.6. The molecule has 3 heteroatoms. The number of allylic oxidation sites excluding steroid dienone is 2. The van der Waals surface area contributed by atoms with Gasteiger partial charge in [0.2, 0.25) is 0 Å². The number of hydrogen-bond donors (Lipinski definition) is 0. The van der Waals surface area contributed by atoms with Crippen LogP contribution in [0.15, 0.2) is 36.2 Å². The van der Waals surface area contributed by atoms with Crippen LogP contribution in [0.5, 0.6) is 0 Å². The SMILES string of the molecule is N#CC(F)=CCCC1CCC(CCc2ccc(C#N)cc2)CC1. The van der Waals surface area contributed by atoms with Gasteiger partial charge in [0.1, 0.15) is 6.07 Å². The van der Waals surface area contributed by atoms with Crippen molar-refractivity contribution < 1.29 is 4.39 Å². The van der Waals surface area contributed by atoms with Crippen molar-refractivity contribution in [3.8, 4) is 12.1 Å². The topological polar surface area (TPSA) is 47.6 Å². The van der Waals surface area contributed by atoms with E-state index in [4.69, 9.17) is 10.5 Å². The first-order valence-electron chi connectivity index (χ1n) is 8.46. The Morgan fingerprint density at radius 3 is 2.22 bits per heavy atom. The van der Waals surface area contributed by atoms with Crippen molar-refractivity contribution in [2.75, 3.05) is 0 Å². The van der Waals surface area contributed by atoms with Gasteiger partial charge in [-0.15, -0.1) is 0 Å². The molecule has 1 aromatic carbocycles. The van der Waals surface area contributed by atoms with Crippen molar-refractivity contribution in [1.29, 1.82) is 10.5 Å². The second-order valence-electron chi connectivity index (χ2n) is 6.48. The van der Waals surface area contributed by atoms with Gasteiger partial charge in [-0.2, -0.15) is 14.9 Å². The summed E-state index contributed by atoms with van der Waals surface area (Å²) in [6.07, 6.45) is 10.3. The molecule has 0 aliphatic heterocycles. The number of nitriles is 2. The van der Waals surface area contributed by atoms with E-state index in [2.05, 4.69) is 18.2 Å². The van der Waals surface area contributed by atoms with Crippen LogP contribution < -0.4 is 0 Å². The van der Waals surface area contributed by atoms with E-state index < -0.39 is 5.83 Å². The predicted molar refractivity (Wildman–Crippen MR) is 89.0 cm³/mol. The fourth-order valence-corrected chi connectivity index (χ4v) is 3.42. The quantitative estimate of drug-likeness (QED) is 0.655. The van der Waals surface area contributed by atoms with Gasteiger partial charge in [0, 0.05) is 0 Å². The molecule has 0 amide bonds. The molecule has 1 saturated carbocycles. The molecule has 120 valence electrons. The van der Waals surface area contributed by atoms with Crippen LogP contribution in [-0.4, -0.2) is 0 Å². The lowest BCUT2D eigenvalue weighted by atomic mass is 9.78. The molecule has 0 saturated heterocycles. The summed E-state index contributed by atoms with van der Waals surface area (Å²) in [7, 11) is 0. The Kier molecular flexibility index (Phi) is 6.82. The molecule has 2 nitrogen and oxygen atoms in total. The van der Waals surface area contributed by atoms with Crippen molar-refractivity contribution in [3.05, 3.63) is 47.3 Å². The standard InChI is InChI=1S/C20H23FN2/c21-20(15-23)3-1-2-16-4-6-17(7-5-16)8-9-18-10-12-19(14-22)13-11-18/h3,10-13,16-17H,1-2,4-9H2. The number of benzene rings is 1. The van der Waals surface area contributed by atoms with Gasteiger partial charge in [-0.3, -0.25) is 0 Å².